The van der Waals surface area contributed by atoms with E-state index in [-0.39, 0.29) is 30.6 Å². The van der Waals surface area contributed by atoms with Crippen molar-refractivity contribution in [2.45, 2.75) is 12.1 Å². The number of rotatable bonds is 5. The first-order valence-electron chi connectivity index (χ1n) is 7.59. The van der Waals surface area contributed by atoms with E-state index in [0.29, 0.717) is 26.2 Å². The lowest BCUT2D eigenvalue weighted by atomic mass is 10.1. The zero-order valence-corrected chi connectivity index (χ0v) is 13.8. The number of methoxy groups -OCH3 is 1. The Bertz CT molecular complexity index is 587. The van der Waals surface area contributed by atoms with Crippen LogP contribution in [0.15, 0.2) is 23.6 Å². The van der Waals surface area contributed by atoms with Crippen LogP contribution in [0.5, 0.6) is 0 Å². The van der Waals surface area contributed by atoms with Crippen molar-refractivity contribution >= 4 is 29.2 Å². The molecule has 6 nitrogen and oxygen atoms in total. The summed E-state index contributed by atoms with van der Waals surface area (Å²) in [6.45, 7) is 2.13. The van der Waals surface area contributed by atoms with Gasteiger partial charge in [0, 0.05) is 37.7 Å². The molecule has 0 bridgehead atoms. The van der Waals surface area contributed by atoms with E-state index in [1.54, 1.807) is 34.3 Å². The van der Waals surface area contributed by atoms with Gasteiger partial charge in [0.1, 0.15) is 6.61 Å². The fraction of sp³-hybridized carbons (Fsp3) is 0.500. The number of thiophene rings is 1. The van der Waals surface area contributed by atoms with Crippen molar-refractivity contribution < 1.29 is 19.1 Å². The normalized spacial score (nSPS) is 24.5. The van der Waals surface area contributed by atoms with Crippen LogP contribution in [0.1, 0.15) is 4.88 Å². The molecule has 0 spiro atoms. The van der Waals surface area contributed by atoms with E-state index in [0.717, 1.165) is 4.88 Å². The van der Waals surface area contributed by atoms with Crippen LogP contribution in [0.3, 0.4) is 0 Å². The summed E-state index contributed by atoms with van der Waals surface area (Å²) in [5, 5.41) is 1.97. The molecule has 2 atom stereocenters. The molecule has 1 aromatic heterocycles. The van der Waals surface area contributed by atoms with Crippen molar-refractivity contribution in [2.75, 3.05) is 40.0 Å². The molecule has 2 aliphatic rings. The summed E-state index contributed by atoms with van der Waals surface area (Å²) < 4.78 is 10.7. The topological polar surface area (TPSA) is 59.1 Å². The number of fused-ring (bicyclic) bond motifs is 1. The zero-order valence-electron chi connectivity index (χ0n) is 13.0. The second-order valence-corrected chi connectivity index (χ2v) is 6.57. The van der Waals surface area contributed by atoms with E-state index in [1.807, 2.05) is 23.6 Å². The second kappa shape index (κ2) is 7.25. The number of hydrogen-bond acceptors (Lipinski definition) is 5. The SMILES string of the molecule is COCCN1C(=O)CO[C@@H]2CN(C(=O)/C=C/c3cccs3)C[C@H]21. The number of amides is 2. The number of hydrogen-bond donors (Lipinski definition) is 0. The number of carbonyl (C=O) groups excluding carboxylic acids is 2. The molecule has 0 radical (unpaired) electrons. The minimum Gasteiger partial charge on any atom is -0.383 e. The van der Waals surface area contributed by atoms with Crippen LogP contribution in [-0.2, 0) is 19.1 Å². The lowest BCUT2D eigenvalue weighted by Gasteiger charge is -2.36. The zero-order chi connectivity index (χ0) is 16.2. The molecule has 0 N–H and O–H groups in total. The smallest absolute Gasteiger partial charge is 0.249 e. The van der Waals surface area contributed by atoms with Crippen LogP contribution < -0.4 is 0 Å². The summed E-state index contributed by atoms with van der Waals surface area (Å²) in [5.74, 6) is -0.0812. The van der Waals surface area contributed by atoms with E-state index >= 15 is 0 Å². The number of morpholine rings is 1. The predicted molar refractivity (Wildman–Crippen MR) is 87.1 cm³/mol. The maximum Gasteiger partial charge on any atom is 0.249 e. The molecule has 3 heterocycles. The van der Waals surface area contributed by atoms with Gasteiger partial charge in [0.15, 0.2) is 0 Å². The summed E-state index contributed by atoms with van der Waals surface area (Å²) >= 11 is 1.59. The molecular weight excluding hydrogens is 316 g/mol. The Morgan fingerprint density at radius 2 is 2.39 bits per heavy atom. The molecule has 1 aromatic rings. The summed E-state index contributed by atoms with van der Waals surface area (Å²) in [6.07, 6.45) is 3.30. The first-order valence-corrected chi connectivity index (χ1v) is 8.47. The Morgan fingerprint density at radius 3 is 3.13 bits per heavy atom. The van der Waals surface area contributed by atoms with Gasteiger partial charge in [-0.05, 0) is 17.5 Å². The van der Waals surface area contributed by atoms with Crippen LogP contribution >= 0.6 is 11.3 Å². The van der Waals surface area contributed by atoms with Gasteiger partial charge in [-0.1, -0.05) is 6.07 Å². The molecule has 7 heteroatoms. The number of ether oxygens (including phenoxy) is 2. The van der Waals surface area contributed by atoms with Gasteiger partial charge in [-0.3, -0.25) is 9.59 Å². The first-order chi connectivity index (χ1) is 11.2. The Morgan fingerprint density at radius 1 is 1.52 bits per heavy atom. The molecular formula is C16H20N2O4S. The Balaban J connectivity index is 1.63. The molecule has 0 saturated carbocycles. The molecule has 2 amide bonds. The predicted octanol–water partition coefficient (Wildman–Crippen LogP) is 0.846. The first kappa shape index (κ1) is 16.2. The van der Waals surface area contributed by atoms with Crippen molar-refractivity contribution in [1.29, 1.82) is 0 Å². The average molecular weight is 336 g/mol. The van der Waals surface area contributed by atoms with E-state index < -0.39 is 0 Å². The van der Waals surface area contributed by atoms with Gasteiger partial charge < -0.3 is 19.3 Å². The number of nitrogens with zero attached hydrogens (tertiary/aromatic N) is 2. The van der Waals surface area contributed by atoms with Crippen molar-refractivity contribution in [2.24, 2.45) is 0 Å². The third-order valence-corrected chi connectivity index (χ3v) is 5.00. The highest BCUT2D eigenvalue weighted by Gasteiger charge is 2.43. The quantitative estimate of drug-likeness (QED) is 0.748. The monoisotopic (exact) mass is 336 g/mol. The third-order valence-electron chi connectivity index (χ3n) is 4.16. The largest absolute Gasteiger partial charge is 0.383 e. The van der Waals surface area contributed by atoms with E-state index in [1.165, 1.54) is 0 Å². The highest BCUT2D eigenvalue weighted by molar-refractivity contribution is 7.10. The Kier molecular flexibility index (Phi) is 5.09. The minimum atomic E-state index is -0.108. The molecule has 2 saturated heterocycles. The van der Waals surface area contributed by atoms with E-state index in [4.69, 9.17) is 9.47 Å². The van der Waals surface area contributed by atoms with Crippen molar-refractivity contribution in [3.05, 3.63) is 28.5 Å². The van der Waals surface area contributed by atoms with Gasteiger partial charge in [-0.2, -0.15) is 0 Å². The molecule has 2 fully saturated rings. The van der Waals surface area contributed by atoms with Gasteiger partial charge in [0.05, 0.1) is 18.8 Å². The van der Waals surface area contributed by atoms with E-state index in [9.17, 15) is 9.59 Å². The average Bonchev–Trinajstić information content (AvgIpc) is 3.21. The van der Waals surface area contributed by atoms with Crippen molar-refractivity contribution in [3.63, 3.8) is 0 Å². The van der Waals surface area contributed by atoms with Gasteiger partial charge in [-0.15, -0.1) is 11.3 Å². The van der Waals surface area contributed by atoms with E-state index in [2.05, 4.69) is 0 Å². The van der Waals surface area contributed by atoms with Gasteiger partial charge >= 0.3 is 0 Å². The Hall–Kier alpha value is -1.70. The summed E-state index contributed by atoms with van der Waals surface area (Å²) in [7, 11) is 1.61. The lowest BCUT2D eigenvalue weighted by Crippen LogP contribution is -2.54. The molecule has 0 aromatic carbocycles. The third kappa shape index (κ3) is 3.63. The fourth-order valence-corrected chi connectivity index (χ4v) is 3.59. The molecule has 0 unspecified atom stereocenters. The van der Waals surface area contributed by atoms with Gasteiger partial charge in [-0.25, -0.2) is 0 Å². The lowest BCUT2D eigenvalue weighted by molar-refractivity contribution is -0.153. The fourth-order valence-electron chi connectivity index (χ4n) is 2.97. The molecule has 0 aliphatic carbocycles. The van der Waals surface area contributed by atoms with Crippen molar-refractivity contribution in [1.82, 2.24) is 9.80 Å². The summed E-state index contributed by atoms with van der Waals surface area (Å²) in [4.78, 5) is 29.0. The number of likely N-dealkylation sites (tertiary alicyclic amines) is 1. The molecule has 2 aliphatic heterocycles. The number of carbonyl (C=O) groups is 2. The van der Waals surface area contributed by atoms with Crippen molar-refractivity contribution in [3.8, 4) is 0 Å². The highest BCUT2D eigenvalue weighted by Crippen LogP contribution is 2.24. The maximum absolute atomic E-state index is 12.3. The molecule has 3 rings (SSSR count). The minimum absolute atomic E-state index is 0.0354. The molecule has 23 heavy (non-hydrogen) atoms. The summed E-state index contributed by atoms with van der Waals surface area (Å²) in [5.41, 5.74) is 0. The van der Waals surface area contributed by atoms with Crippen LogP contribution in [0.2, 0.25) is 0 Å². The van der Waals surface area contributed by atoms with Gasteiger partial charge in [0.25, 0.3) is 0 Å². The maximum atomic E-state index is 12.3. The van der Waals surface area contributed by atoms with Crippen LogP contribution in [0.4, 0.5) is 0 Å². The highest BCUT2D eigenvalue weighted by atomic mass is 32.1. The van der Waals surface area contributed by atoms with Crippen LogP contribution in [0, 0.1) is 0 Å². The summed E-state index contributed by atoms with van der Waals surface area (Å²) in [6, 6.07) is 3.84. The van der Waals surface area contributed by atoms with Gasteiger partial charge in [0.2, 0.25) is 11.8 Å². The molecule has 124 valence electrons. The van der Waals surface area contributed by atoms with Crippen LogP contribution in [-0.4, -0.2) is 73.7 Å². The standard InChI is InChI=1S/C16H20N2O4S/c1-21-7-6-18-13-9-17(10-14(13)22-11-16(18)20)15(19)5-4-12-3-2-8-23-12/h2-5,8,13-14H,6-7,9-11H2,1H3/b5-4+/t13-,14-/m1/s1. The Labute approximate surface area is 139 Å². The second-order valence-electron chi connectivity index (χ2n) is 5.59. The van der Waals surface area contributed by atoms with Crippen LogP contribution in [0.25, 0.3) is 6.08 Å².